The molecule has 2 rings (SSSR count). The van der Waals surface area contributed by atoms with Crippen LogP contribution in [-0.2, 0) is 6.54 Å². The first-order valence-corrected chi connectivity index (χ1v) is 7.29. The molecular weight excluding hydrogens is 280 g/mol. The minimum atomic E-state index is -0.0189. The van der Waals surface area contributed by atoms with Crippen LogP contribution in [-0.4, -0.2) is 19.0 Å². The molecule has 5 heteroatoms. The van der Waals surface area contributed by atoms with Gasteiger partial charge in [-0.2, -0.15) is 0 Å². The number of thiophene rings is 1. The Balaban J connectivity index is 1.65. The van der Waals surface area contributed by atoms with E-state index in [9.17, 15) is 4.79 Å². The smallest absolute Gasteiger partial charge is 0.261 e. The number of nitrogens with one attached hydrogen (secondary N) is 2. The summed E-state index contributed by atoms with van der Waals surface area (Å²) in [6.45, 7) is 2.01. The van der Waals surface area contributed by atoms with E-state index >= 15 is 0 Å². The van der Waals surface area contributed by atoms with Gasteiger partial charge in [0.15, 0.2) is 0 Å². The number of carbonyl (C=O) groups is 1. The molecule has 0 fully saturated rings. The number of hydrogen-bond donors (Lipinski definition) is 2. The largest absolute Gasteiger partial charge is 0.350 e. The van der Waals surface area contributed by atoms with E-state index in [0.717, 1.165) is 15.5 Å². The van der Waals surface area contributed by atoms with E-state index in [2.05, 4.69) is 10.6 Å². The quantitative estimate of drug-likeness (QED) is 0.804. The van der Waals surface area contributed by atoms with Crippen molar-refractivity contribution in [1.29, 1.82) is 0 Å². The van der Waals surface area contributed by atoms with E-state index in [1.807, 2.05) is 41.8 Å². The van der Waals surface area contributed by atoms with Crippen LogP contribution in [0.15, 0.2) is 41.8 Å². The van der Waals surface area contributed by atoms with E-state index < -0.39 is 0 Å². The average molecular weight is 295 g/mol. The Morgan fingerprint density at radius 3 is 2.74 bits per heavy atom. The molecule has 0 saturated heterocycles. The van der Waals surface area contributed by atoms with Crippen LogP contribution >= 0.6 is 22.9 Å². The van der Waals surface area contributed by atoms with Gasteiger partial charge < -0.3 is 10.6 Å². The fourth-order valence-corrected chi connectivity index (χ4v) is 2.47. The monoisotopic (exact) mass is 294 g/mol. The number of benzene rings is 1. The van der Waals surface area contributed by atoms with Crippen LogP contribution in [0.2, 0.25) is 5.02 Å². The summed E-state index contributed by atoms with van der Waals surface area (Å²) < 4.78 is 0. The van der Waals surface area contributed by atoms with Crippen LogP contribution in [0.3, 0.4) is 0 Å². The topological polar surface area (TPSA) is 41.1 Å². The Kier molecular flexibility index (Phi) is 5.39. The van der Waals surface area contributed by atoms with Gasteiger partial charge in [0.1, 0.15) is 0 Å². The molecule has 1 heterocycles. The lowest BCUT2D eigenvalue weighted by molar-refractivity contribution is 0.0958. The predicted octanol–water partition coefficient (Wildman–Crippen LogP) is 2.92. The average Bonchev–Trinajstić information content (AvgIpc) is 2.94. The van der Waals surface area contributed by atoms with E-state index in [1.54, 1.807) is 0 Å². The predicted molar refractivity (Wildman–Crippen MR) is 79.8 cm³/mol. The first-order valence-electron chi connectivity index (χ1n) is 6.03. The van der Waals surface area contributed by atoms with Crippen molar-refractivity contribution < 1.29 is 4.79 Å². The lowest BCUT2D eigenvalue weighted by Crippen LogP contribution is -2.31. The lowest BCUT2D eigenvalue weighted by Gasteiger charge is -2.07. The Morgan fingerprint density at radius 1 is 1.16 bits per heavy atom. The summed E-state index contributed by atoms with van der Waals surface area (Å²) in [6, 6.07) is 11.4. The summed E-state index contributed by atoms with van der Waals surface area (Å²) in [5.41, 5.74) is 1.06. The molecule has 1 aromatic carbocycles. The molecule has 0 spiro atoms. The second-order valence-electron chi connectivity index (χ2n) is 4.00. The molecule has 1 amide bonds. The van der Waals surface area contributed by atoms with Gasteiger partial charge in [0, 0.05) is 24.7 Å². The number of hydrogen-bond acceptors (Lipinski definition) is 3. The van der Waals surface area contributed by atoms with Gasteiger partial charge in [0.05, 0.1) is 4.88 Å². The SMILES string of the molecule is O=C(NCCNCc1ccccc1Cl)c1cccs1. The third kappa shape index (κ3) is 4.35. The molecular formula is C14H15ClN2OS. The van der Waals surface area contributed by atoms with E-state index in [4.69, 9.17) is 11.6 Å². The molecule has 0 aliphatic carbocycles. The zero-order chi connectivity index (χ0) is 13.5. The molecule has 1 aromatic heterocycles. The van der Waals surface area contributed by atoms with Crippen molar-refractivity contribution in [2.75, 3.05) is 13.1 Å². The van der Waals surface area contributed by atoms with Crippen LogP contribution in [0.25, 0.3) is 0 Å². The van der Waals surface area contributed by atoms with E-state index in [1.165, 1.54) is 11.3 Å². The van der Waals surface area contributed by atoms with Gasteiger partial charge in [-0.1, -0.05) is 35.9 Å². The second-order valence-corrected chi connectivity index (χ2v) is 5.36. The maximum atomic E-state index is 11.6. The van der Waals surface area contributed by atoms with Gasteiger partial charge >= 0.3 is 0 Å². The molecule has 0 saturated carbocycles. The maximum absolute atomic E-state index is 11.6. The lowest BCUT2D eigenvalue weighted by atomic mass is 10.2. The van der Waals surface area contributed by atoms with Gasteiger partial charge in [-0.05, 0) is 23.1 Å². The zero-order valence-electron chi connectivity index (χ0n) is 10.4. The van der Waals surface area contributed by atoms with Crippen LogP contribution in [0.1, 0.15) is 15.2 Å². The molecule has 2 aromatic rings. The highest BCUT2D eigenvalue weighted by Crippen LogP contribution is 2.14. The summed E-state index contributed by atoms with van der Waals surface area (Å²) >= 11 is 7.49. The Morgan fingerprint density at radius 2 is 2.00 bits per heavy atom. The molecule has 0 atom stereocenters. The number of carbonyl (C=O) groups excluding carboxylic acids is 1. The van der Waals surface area contributed by atoms with E-state index in [0.29, 0.717) is 19.6 Å². The Hall–Kier alpha value is -1.36. The van der Waals surface area contributed by atoms with Crippen molar-refractivity contribution in [1.82, 2.24) is 10.6 Å². The Labute approximate surface area is 121 Å². The molecule has 100 valence electrons. The molecule has 0 unspecified atom stereocenters. The first-order chi connectivity index (χ1) is 9.27. The normalized spacial score (nSPS) is 10.4. The van der Waals surface area contributed by atoms with Crippen molar-refractivity contribution >= 4 is 28.8 Å². The minimum Gasteiger partial charge on any atom is -0.350 e. The number of amides is 1. The minimum absolute atomic E-state index is 0.0189. The fraction of sp³-hybridized carbons (Fsp3) is 0.214. The zero-order valence-corrected chi connectivity index (χ0v) is 11.9. The summed E-state index contributed by atoms with van der Waals surface area (Å²) in [5, 5.41) is 8.76. The van der Waals surface area contributed by atoms with Crippen molar-refractivity contribution in [3.63, 3.8) is 0 Å². The van der Waals surface area contributed by atoms with Crippen LogP contribution < -0.4 is 10.6 Å². The summed E-state index contributed by atoms with van der Waals surface area (Å²) in [6.07, 6.45) is 0. The van der Waals surface area contributed by atoms with Crippen LogP contribution in [0.5, 0.6) is 0 Å². The molecule has 0 aliphatic heterocycles. The fourth-order valence-electron chi connectivity index (χ4n) is 1.62. The number of rotatable bonds is 6. The molecule has 0 radical (unpaired) electrons. The standard InChI is InChI=1S/C14H15ClN2OS/c15-12-5-2-1-4-11(12)10-16-7-8-17-14(18)13-6-3-9-19-13/h1-6,9,16H,7-8,10H2,(H,17,18). The molecule has 0 bridgehead atoms. The highest BCUT2D eigenvalue weighted by molar-refractivity contribution is 7.12. The van der Waals surface area contributed by atoms with Gasteiger partial charge in [0.2, 0.25) is 0 Å². The third-order valence-electron chi connectivity index (χ3n) is 2.61. The Bertz CT molecular complexity index is 528. The van der Waals surface area contributed by atoms with Gasteiger partial charge in [-0.25, -0.2) is 0 Å². The van der Waals surface area contributed by atoms with E-state index in [-0.39, 0.29) is 5.91 Å². The molecule has 3 nitrogen and oxygen atoms in total. The molecule has 0 aliphatic rings. The van der Waals surface area contributed by atoms with Gasteiger partial charge in [-0.15, -0.1) is 11.3 Å². The maximum Gasteiger partial charge on any atom is 0.261 e. The van der Waals surface area contributed by atoms with Crippen molar-refractivity contribution in [3.8, 4) is 0 Å². The highest BCUT2D eigenvalue weighted by Gasteiger charge is 2.04. The van der Waals surface area contributed by atoms with Crippen LogP contribution in [0.4, 0.5) is 0 Å². The first kappa shape index (κ1) is 14.1. The van der Waals surface area contributed by atoms with Crippen LogP contribution in [0, 0.1) is 0 Å². The van der Waals surface area contributed by atoms with Crippen molar-refractivity contribution in [3.05, 3.63) is 57.2 Å². The summed E-state index contributed by atoms with van der Waals surface area (Å²) in [7, 11) is 0. The highest BCUT2D eigenvalue weighted by atomic mass is 35.5. The third-order valence-corrected chi connectivity index (χ3v) is 3.84. The van der Waals surface area contributed by atoms with Crippen molar-refractivity contribution in [2.24, 2.45) is 0 Å². The number of halogens is 1. The second kappa shape index (κ2) is 7.28. The van der Waals surface area contributed by atoms with Gasteiger partial charge in [-0.3, -0.25) is 4.79 Å². The summed E-state index contributed by atoms with van der Waals surface area (Å²) in [5.74, 6) is -0.0189. The molecule has 19 heavy (non-hydrogen) atoms. The summed E-state index contributed by atoms with van der Waals surface area (Å²) in [4.78, 5) is 12.4. The molecule has 2 N–H and O–H groups in total. The van der Waals surface area contributed by atoms with Gasteiger partial charge in [0.25, 0.3) is 5.91 Å². The van der Waals surface area contributed by atoms with Crippen molar-refractivity contribution in [2.45, 2.75) is 6.54 Å².